The van der Waals surface area contributed by atoms with Gasteiger partial charge in [-0.3, -0.25) is 9.97 Å². The largest absolute Gasteiger partial charge is 0.265 e. The molecular weight excluding hydrogens is 292 g/mol. The van der Waals surface area contributed by atoms with E-state index in [1.807, 2.05) is 30.3 Å². The lowest BCUT2D eigenvalue weighted by molar-refractivity contribution is 0.506. The Labute approximate surface area is 131 Å². The van der Waals surface area contributed by atoms with Crippen molar-refractivity contribution < 1.29 is 0 Å². The highest BCUT2D eigenvalue weighted by atomic mass is 15.5. The first-order valence-corrected chi connectivity index (χ1v) is 6.99. The van der Waals surface area contributed by atoms with Gasteiger partial charge in [-0.1, -0.05) is 6.07 Å². The van der Waals surface area contributed by atoms with E-state index in [1.54, 1.807) is 34.3 Å². The minimum Gasteiger partial charge on any atom is -0.265 e. The zero-order valence-corrected chi connectivity index (χ0v) is 12.1. The van der Waals surface area contributed by atoms with Gasteiger partial charge < -0.3 is 0 Å². The first-order valence-electron chi connectivity index (χ1n) is 6.99. The van der Waals surface area contributed by atoms with Gasteiger partial charge in [-0.2, -0.15) is 5.10 Å². The smallest absolute Gasteiger partial charge is 0.182 e. The molecule has 112 valence electrons. The Hall–Kier alpha value is -3.42. The second kappa shape index (κ2) is 5.76. The lowest BCUT2D eigenvalue weighted by Crippen LogP contribution is -2.11. The fourth-order valence-corrected chi connectivity index (χ4v) is 2.19. The molecule has 4 heterocycles. The number of hydrogen-bond donors (Lipinski definition) is 0. The summed E-state index contributed by atoms with van der Waals surface area (Å²) in [5.74, 6) is 1.29. The van der Waals surface area contributed by atoms with Crippen molar-refractivity contribution in [2.45, 2.75) is 6.67 Å². The van der Waals surface area contributed by atoms with Crippen LogP contribution >= 0.6 is 0 Å². The summed E-state index contributed by atoms with van der Waals surface area (Å²) in [5.41, 5.74) is 1.65. The molecule has 0 fully saturated rings. The topological polar surface area (TPSA) is 87.2 Å². The minimum absolute atomic E-state index is 0.407. The van der Waals surface area contributed by atoms with Crippen molar-refractivity contribution >= 4 is 0 Å². The molecule has 0 bridgehead atoms. The molecule has 0 saturated heterocycles. The van der Waals surface area contributed by atoms with Crippen molar-refractivity contribution in [3.8, 4) is 22.9 Å². The molecule has 0 aliphatic heterocycles. The number of rotatable bonds is 4. The monoisotopic (exact) mass is 304 g/mol. The predicted octanol–water partition coefficient (Wildman–Crippen LogP) is 1.50. The third kappa shape index (κ3) is 2.69. The molecule has 0 saturated carbocycles. The molecule has 0 aliphatic rings. The fourth-order valence-electron chi connectivity index (χ4n) is 2.19. The molecule has 0 amide bonds. The second-order valence-electron chi connectivity index (χ2n) is 4.79. The molecule has 4 rings (SSSR count). The summed E-state index contributed by atoms with van der Waals surface area (Å²) in [6, 6.07) is 9.43. The van der Waals surface area contributed by atoms with Gasteiger partial charge in [0.05, 0.1) is 0 Å². The average molecular weight is 304 g/mol. The maximum Gasteiger partial charge on any atom is 0.182 e. The quantitative estimate of drug-likeness (QED) is 0.568. The lowest BCUT2D eigenvalue weighted by atomic mass is 10.2. The minimum atomic E-state index is 0.407. The number of hydrogen-bond acceptors (Lipinski definition) is 6. The molecular formula is C15H12N8. The summed E-state index contributed by atoms with van der Waals surface area (Å²) in [5, 5.41) is 8.70. The van der Waals surface area contributed by atoms with Crippen molar-refractivity contribution in [1.82, 2.24) is 39.5 Å². The van der Waals surface area contributed by atoms with Crippen molar-refractivity contribution in [3.05, 3.63) is 61.6 Å². The van der Waals surface area contributed by atoms with Crippen molar-refractivity contribution in [2.24, 2.45) is 0 Å². The third-order valence-corrected chi connectivity index (χ3v) is 3.25. The van der Waals surface area contributed by atoms with Gasteiger partial charge >= 0.3 is 0 Å². The van der Waals surface area contributed by atoms with Gasteiger partial charge in [0.25, 0.3) is 0 Å². The summed E-state index contributed by atoms with van der Waals surface area (Å²) in [6.07, 6.45) is 8.29. The average Bonchev–Trinajstić information content (AvgIpc) is 3.27. The van der Waals surface area contributed by atoms with Crippen LogP contribution in [-0.2, 0) is 6.67 Å². The van der Waals surface area contributed by atoms with Gasteiger partial charge in [-0.25, -0.2) is 19.3 Å². The normalized spacial score (nSPS) is 10.8. The van der Waals surface area contributed by atoms with E-state index in [0.717, 1.165) is 11.3 Å². The van der Waals surface area contributed by atoms with Gasteiger partial charge in [0.2, 0.25) is 0 Å². The van der Waals surface area contributed by atoms with E-state index in [-0.39, 0.29) is 0 Å². The Morgan fingerprint density at radius 1 is 0.957 bits per heavy atom. The van der Waals surface area contributed by atoms with E-state index < -0.39 is 0 Å². The molecule has 4 aromatic rings. The summed E-state index contributed by atoms with van der Waals surface area (Å²) in [7, 11) is 0. The predicted molar refractivity (Wildman–Crippen MR) is 81.9 cm³/mol. The Morgan fingerprint density at radius 3 is 2.61 bits per heavy atom. The van der Waals surface area contributed by atoms with Crippen molar-refractivity contribution in [2.75, 3.05) is 0 Å². The first-order chi connectivity index (χ1) is 11.4. The number of nitrogens with zero attached hydrogens (tertiary/aromatic N) is 8. The van der Waals surface area contributed by atoms with E-state index in [2.05, 4.69) is 30.1 Å². The van der Waals surface area contributed by atoms with E-state index in [0.29, 0.717) is 18.3 Å². The van der Waals surface area contributed by atoms with Crippen LogP contribution in [0, 0.1) is 0 Å². The first kappa shape index (κ1) is 13.3. The second-order valence-corrected chi connectivity index (χ2v) is 4.79. The van der Waals surface area contributed by atoms with E-state index in [4.69, 9.17) is 0 Å². The Balaban J connectivity index is 1.80. The molecule has 4 aromatic heterocycles. The lowest BCUT2D eigenvalue weighted by Gasteiger charge is -2.04. The standard InChI is InChI=1S/C15H12N8/c1-2-6-18-13(3-1)15-20-14(12-4-7-16-8-5-12)21-23(15)11-22-10-17-9-19-22/h1-10H,11H2. The highest BCUT2D eigenvalue weighted by Crippen LogP contribution is 2.20. The molecule has 8 heteroatoms. The number of pyridine rings is 2. The van der Waals surface area contributed by atoms with Crippen molar-refractivity contribution in [1.29, 1.82) is 0 Å². The van der Waals surface area contributed by atoms with Gasteiger partial charge in [0, 0.05) is 24.2 Å². The number of aromatic nitrogens is 8. The molecule has 23 heavy (non-hydrogen) atoms. The molecule has 8 nitrogen and oxygen atoms in total. The molecule has 0 aromatic carbocycles. The SMILES string of the molecule is c1ccc(-c2nc(-c3ccncc3)nn2Cn2cncn2)nc1. The molecule has 0 aliphatic carbocycles. The maximum absolute atomic E-state index is 4.63. The van der Waals surface area contributed by atoms with Crippen LogP contribution in [0.25, 0.3) is 22.9 Å². The summed E-state index contributed by atoms with van der Waals surface area (Å²) in [4.78, 5) is 17.0. The van der Waals surface area contributed by atoms with Gasteiger partial charge in [0.15, 0.2) is 11.6 Å². The van der Waals surface area contributed by atoms with Gasteiger partial charge in [-0.15, -0.1) is 5.10 Å². The molecule has 0 spiro atoms. The fraction of sp³-hybridized carbons (Fsp3) is 0.0667. The van der Waals surface area contributed by atoms with Crippen LogP contribution in [0.3, 0.4) is 0 Å². The zero-order valence-electron chi connectivity index (χ0n) is 12.1. The zero-order chi connectivity index (χ0) is 15.5. The Morgan fingerprint density at radius 2 is 1.87 bits per heavy atom. The van der Waals surface area contributed by atoms with Crippen molar-refractivity contribution in [3.63, 3.8) is 0 Å². The van der Waals surface area contributed by atoms with Crippen LogP contribution in [0.15, 0.2) is 61.6 Å². The van der Waals surface area contributed by atoms with E-state index in [1.165, 1.54) is 6.33 Å². The van der Waals surface area contributed by atoms with E-state index in [9.17, 15) is 0 Å². The van der Waals surface area contributed by atoms with Crippen LogP contribution in [0.4, 0.5) is 0 Å². The summed E-state index contributed by atoms with van der Waals surface area (Å²) in [6.45, 7) is 0.407. The molecule has 0 N–H and O–H groups in total. The van der Waals surface area contributed by atoms with Crippen LogP contribution in [0.5, 0.6) is 0 Å². The van der Waals surface area contributed by atoms with Gasteiger partial charge in [-0.05, 0) is 24.3 Å². The third-order valence-electron chi connectivity index (χ3n) is 3.25. The van der Waals surface area contributed by atoms with Crippen LogP contribution in [0.2, 0.25) is 0 Å². The Bertz CT molecular complexity index is 884. The Kier molecular flexibility index (Phi) is 3.32. The molecule has 0 radical (unpaired) electrons. The van der Waals surface area contributed by atoms with Crippen LogP contribution < -0.4 is 0 Å². The van der Waals surface area contributed by atoms with Crippen LogP contribution in [0.1, 0.15) is 0 Å². The molecule has 0 atom stereocenters. The highest BCUT2D eigenvalue weighted by molar-refractivity contribution is 5.58. The van der Waals surface area contributed by atoms with Gasteiger partial charge in [0.1, 0.15) is 25.0 Å². The van der Waals surface area contributed by atoms with E-state index >= 15 is 0 Å². The maximum atomic E-state index is 4.63. The summed E-state index contributed by atoms with van der Waals surface area (Å²) < 4.78 is 3.43. The summed E-state index contributed by atoms with van der Waals surface area (Å²) >= 11 is 0. The molecule has 0 unspecified atom stereocenters. The van der Waals surface area contributed by atoms with Crippen LogP contribution in [-0.4, -0.2) is 39.5 Å². The highest BCUT2D eigenvalue weighted by Gasteiger charge is 2.14.